The zero-order valence-electron chi connectivity index (χ0n) is 14.5. The molecular weight excluding hydrogens is 378 g/mol. The van der Waals surface area contributed by atoms with Gasteiger partial charge in [-0.25, -0.2) is 0 Å². The number of rotatable bonds is 6. The van der Waals surface area contributed by atoms with E-state index in [1.165, 1.54) is 0 Å². The van der Waals surface area contributed by atoms with Crippen molar-refractivity contribution in [1.29, 1.82) is 0 Å². The number of β-amino-alcohol motifs (C(OH)–C–C–N with tert-alkyl or cyclic N) is 1. The molecule has 4 rings (SSSR count). The Balaban J connectivity index is 1.64. The lowest BCUT2D eigenvalue weighted by molar-refractivity contribution is 0.204. The highest BCUT2D eigenvalue weighted by atomic mass is 32.2. The predicted molar refractivity (Wildman–Crippen MR) is 109 cm³/mol. The molecule has 0 aliphatic carbocycles. The smallest absolute Gasteiger partial charge is 0.170 e. The van der Waals surface area contributed by atoms with Crippen molar-refractivity contribution >= 4 is 29.1 Å². The Morgan fingerprint density at radius 2 is 1.93 bits per heavy atom. The van der Waals surface area contributed by atoms with E-state index in [9.17, 15) is 5.11 Å². The van der Waals surface area contributed by atoms with Gasteiger partial charge in [-0.2, -0.15) is 0 Å². The lowest BCUT2D eigenvalue weighted by Crippen LogP contribution is -2.32. The van der Waals surface area contributed by atoms with Crippen molar-refractivity contribution in [2.24, 2.45) is 0 Å². The summed E-state index contributed by atoms with van der Waals surface area (Å²) in [5.41, 5.74) is 0.888. The van der Waals surface area contributed by atoms with Crippen LogP contribution in [-0.4, -0.2) is 33.3 Å². The van der Waals surface area contributed by atoms with Crippen LogP contribution < -0.4 is 5.32 Å². The molecule has 0 saturated carbocycles. The van der Waals surface area contributed by atoms with Crippen LogP contribution in [0.4, 0.5) is 0 Å². The number of nitrogens with zero attached hydrogens (tertiary/aromatic N) is 2. The minimum Gasteiger partial charge on any atom is -0.452 e. The van der Waals surface area contributed by atoms with Gasteiger partial charge >= 0.3 is 0 Å². The molecule has 0 unspecified atom stereocenters. The van der Waals surface area contributed by atoms with Crippen LogP contribution in [0.5, 0.6) is 0 Å². The Labute approximate surface area is 167 Å². The molecule has 7 heteroatoms. The fraction of sp³-hybridized carbons (Fsp3) is 0.200. The minimum absolute atomic E-state index is 0.0135. The molecule has 0 bridgehead atoms. The third-order valence-corrected chi connectivity index (χ3v) is 5.67. The molecule has 1 aliphatic rings. The van der Waals surface area contributed by atoms with E-state index in [0.717, 1.165) is 21.4 Å². The van der Waals surface area contributed by atoms with E-state index in [1.807, 2.05) is 65.6 Å². The molecule has 27 heavy (non-hydrogen) atoms. The zero-order valence-corrected chi connectivity index (χ0v) is 16.1. The summed E-state index contributed by atoms with van der Waals surface area (Å²) in [5.74, 6) is 0.796. The van der Waals surface area contributed by atoms with Crippen molar-refractivity contribution in [3.8, 4) is 0 Å². The SMILES string of the molecule is OCCN1C(=S)N[C@@H](c2ccccn2)[C@@H]1c1ccc(Sc2ccccc2)o1. The lowest BCUT2D eigenvalue weighted by Gasteiger charge is -2.25. The summed E-state index contributed by atoms with van der Waals surface area (Å²) >= 11 is 7.08. The molecule has 5 nitrogen and oxygen atoms in total. The molecule has 0 radical (unpaired) electrons. The van der Waals surface area contributed by atoms with Gasteiger partial charge in [-0.1, -0.05) is 36.0 Å². The highest BCUT2D eigenvalue weighted by Gasteiger charge is 2.41. The second kappa shape index (κ2) is 8.12. The Bertz CT molecular complexity index is 902. The maximum atomic E-state index is 9.49. The molecule has 2 N–H and O–H groups in total. The predicted octanol–water partition coefficient (Wildman–Crippen LogP) is 3.79. The van der Waals surface area contributed by atoms with Gasteiger partial charge in [-0.15, -0.1) is 0 Å². The van der Waals surface area contributed by atoms with Gasteiger partial charge in [0.2, 0.25) is 0 Å². The van der Waals surface area contributed by atoms with E-state index in [4.69, 9.17) is 16.6 Å². The quantitative estimate of drug-likeness (QED) is 0.614. The van der Waals surface area contributed by atoms with Crippen LogP contribution in [0.1, 0.15) is 23.5 Å². The van der Waals surface area contributed by atoms with Crippen LogP contribution >= 0.6 is 24.0 Å². The van der Waals surface area contributed by atoms with E-state index in [-0.39, 0.29) is 18.7 Å². The van der Waals surface area contributed by atoms with Gasteiger partial charge in [0.05, 0.1) is 18.3 Å². The molecule has 2 atom stereocenters. The molecule has 138 valence electrons. The van der Waals surface area contributed by atoms with E-state index in [2.05, 4.69) is 10.3 Å². The average molecular weight is 398 g/mol. The number of hydrogen-bond acceptors (Lipinski definition) is 5. The Morgan fingerprint density at radius 1 is 1.11 bits per heavy atom. The molecular formula is C20H19N3O2S2. The van der Waals surface area contributed by atoms with Gasteiger partial charge in [-0.05, 0) is 48.6 Å². The number of thiocarbonyl (C=S) groups is 1. The number of hydrogen-bond donors (Lipinski definition) is 2. The number of pyridine rings is 1. The summed E-state index contributed by atoms with van der Waals surface area (Å²) in [4.78, 5) is 7.56. The maximum Gasteiger partial charge on any atom is 0.170 e. The van der Waals surface area contributed by atoms with Crippen molar-refractivity contribution in [2.75, 3.05) is 13.2 Å². The molecule has 0 spiro atoms. The fourth-order valence-electron chi connectivity index (χ4n) is 3.22. The molecule has 1 saturated heterocycles. The normalized spacial score (nSPS) is 19.3. The molecule has 1 fully saturated rings. The van der Waals surface area contributed by atoms with Crippen LogP contribution in [-0.2, 0) is 0 Å². The van der Waals surface area contributed by atoms with Crippen molar-refractivity contribution in [2.45, 2.75) is 22.1 Å². The standard InChI is InChI=1S/C20H19N3O2S2/c24-13-12-23-19(18(22-20(23)26)15-8-4-5-11-21-15)16-9-10-17(25-16)27-14-6-2-1-3-7-14/h1-11,18-19,24H,12-13H2,(H,22,26)/t18-,19-/m0/s1. The first kappa shape index (κ1) is 18.0. The fourth-order valence-corrected chi connectivity index (χ4v) is 4.35. The van der Waals surface area contributed by atoms with Gasteiger partial charge in [0.1, 0.15) is 11.8 Å². The average Bonchev–Trinajstić information content (AvgIpc) is 3.28. The first-order valence-electron chi connectivity index (χ1n) is 8.68. The minimum atomic E-state index is -0.162. The number of benzene rings is 1. The number of furan rings is 1. The second-order valence-electron chi connectivity index (χ2n) is 6.12. The van der Waals surface area contributed by atoms with Crippen molar-refractivity contribution in [3.05, 3.63) is 78.3 Å². The van der Waals surface area contributed by atoms with Gasteiger partial charge in [0, 0.05) is 17.6 Å². The molecule has 2 aromatic heterocycles. The van der Waals surface area contributed by atoms with E-state index < -0.39 is 0 Å². The molecule has 3 heterocycles. The Morgan fingerprint density at radius 3 is 2.67 bits per heavy atom. The monoisotopic (exact) mass is 397 g/mol. The first-order chi connectivity index (χ1) is 13.3. The number of aromatic nitrogens is 1. The molecule has 1 aliphatic heterocycles. The number of nitrogens with one attached hydrogen (secondary N) is 1. The highest BCUT2D eigenvalue weighted by molar-refractivity contribution is 7.99. The molecule has 1 aromatic carbocycles. The van der Waals surface area contributed by atoms with Gasteiger partial charge in [-0.3, -0.25) is 4.98 Å². The zero-order chi connectivity index (χ0) is 18.6. The topological polar surface area (TPSA) is 61.5 Å². The number of aliphatic hydroxyl groups excluding tert-OH is 1. The van der Waals surface area contributed by atoms with Crippen molar-refractivity contribution in [3.63, 3.8) is 0 Å². The van der Waals surface area contributed by atoms with Crippen LogP contribution in [0.15, 0.2) is 81.3 Å². The third kappa shape index (κ3) is 3.85. The van der Waals surface area contributed by atoms with E-state index >= 15 is 0 Å². The maximum absolute atomic E-state index is 9.49. The van der Waals surface area contributed by atoms with Crippen molar-refractivity contribution < 1.29 is 9.52 Å². The van der Waals surface area contributed by atoms with Crippen molar-refractivity contribution in [1.82, 2.24) is 15.2 Å². The van der Waals surface area contributed by atoms with Crippen LogP contribution in [0.2, 0.25) is 0 Å². The Hall–Kier alpha value is -2.35. The second-order valence-corrected chi connectivity index (χ2v) is 7.58. The van der Waals surface area contributed by atoms with Crippen LogP contribution in [0.25, 0.3) is 0 Å². The summed E-state index contributed by atoms with van der Waals surface area (Å²) in [6, 6.07) is 19.6. The molecule has 0 amide bonds. The summed E-state index contributed by atoms with van der Waals surface area (Å²) in [5, 5.41) is 14.2. The summed E-state index contributed by atoms with van der Waals surface area (Å²) in [7, 11) is 0. The van der Waals surface area contributed by atoms with Gasteiger partial charge in [0.25, 0.3) is 0 Å². The first-order valence-corrected chi connectivity index (χ1v) is 9.90. The van der Waals surface area contributed by atoms with Gasteiger partial charge < -0.3 is 19.7 Å². The van der Waals surface area contributed by atoms with Crippen LogP contribution in [0.3, 0.4) is 0 Å². The lowest BCUT2D eigenvalue weighted by atomic mass is 10.0. The summed E-state index contributed by atoms with van der Waals surface area (Å²) in [6.07, 6.45) is 1.77. The Kier molecular flexibility index (Phi) is 5.42. The van der Waals surface area contributed by atoms with E-state index in [0.29, 0.717) is 11.7 Å². The van der Waals surface area contributed by atoms with Gasteiger partial charge in [0.15, 0.2) is 10.2 Å². The highest BCUT2D eigenvalue weighted by Crippen LogP contribution is 2.40. The number of aliphatic hydroxyl groups is 1. The summed E-state index contributed by atoms with van der Waals surface area (Å²) < 4.78 is 6.16. The largest absolute Gasteiger partial charge is 0.452 e. The third-order valence-electron chi connectivity index (χ3n) is 4.39. The van der Waals surface area contributed by atoms with E-state index in [1.54, 1.807) is 18.0 Å². The van der Waals surface area contributed by atoms with Crippen LogP contribution in [0, 0.1) is 0 Å². The summed E-state index contributed by atoms with van der Waals surface area (Å²) in [6.45, 7) is 0.446. The molecule has 3 aromatic rings.